The summed E-state index contributed by atoms with van der Waals surface area (Å²) in [6, 6.07) is -1.01. The fourth-order valence-electron chi connectivity index (χ4n) is 6.04. The van der Waals surface area contributed by atoms with Crippen molar-refractivity contribution in [1.29, 1.82) is 0 Å². The molecule has 2 aliphatic heterocycles. The Bertz CT molecular complexity index is 928. The van der Waals surface area contributed by atoms with E-state index in [0.717, 1.165) is 32.2 Å². The first-order chi connectivity index (χ1) is 20.0. The van der Waals surface area contributed by atoms with E-state index in [2.05, 4.69) is 20.7 Å². The lowest BCUT2D eigenvalue weighted by Crippen LogP contribution is -2.54. The van der Waals surface area contributed by atoms with Crippen molar-refractivity contribution in [2.24, 2.45) is 11.8 Å². The van der Waals surface area contributed by atoms with Gasteiger partial charge in [0.1, 0.15) is 6.54 Å². The number of likely N-dealkylation sites (N-methyl/N-ethyl adjacent to an activating group) is 1. The Balaban J connectivity index is 2.10. The van der Waals surface area contributed by atoms with Gasteiger partial charge in [-0.05, 0) is 38.1 Å². The third kappa shape index (κ3) is 9.37. The number of nitrogens with zero attached hydrogens (tertiary/aromatic N) is 2. The first-order valence-electron chi connectivity index (χ1n) is 15.0. The number of amides is 4. The van der Waals surface area contributed by atoms with Crippen LogP contribution in [0.15, 0.2) is 0 Å². The van der Waals surface area contributed by atoms with Crippen molar-refractivity contribution in [3.63, 3.8) is 0 Å². The highest BCUT2D eigenvalue weighted by Gasteiger charge is 2.42. The van der Waals surface area contributed by atoms with Crippen molar-refractivity contribution in [2.75, 3.05) is 54.6 Å². The van der Waals surface area contributed by atoms with Crippen LogP contribution in [0.5, 0.6) is 0 Å². The van der Waals surface area contributed by atoms with Crippen molar-refractivity contribution in [1.82, 2.24) is 25.8 Å². The number of esters is 1. The number of likely N-dealkylation sites (tertiary alicyclic amines) is 1. The number of nitrogens with one attached hydrogen (secondary N) is 3. The Morgan fingerprint density at radius 2 is 1.71 bits per heavy atom. The Morgan fingerprint density at radius 1 is 1.00 bits per heavy atom. The van der Waals surface area contributed by atoms with E-state index in [9.17, 15) is 24.0 Å². The molecule has 13 heteroatoms. The monoisotopic (exact) mass is 597 g/mol. The number of carbonyl (C=O) groups excluding carboxylic acids is 5. The summed E-state index contributed by atoms with van der Waals surface area (Å²) >= 11 is 0. The second kappa shape index (κ2) is 17.4. The van der Waals surface area contributed by atoms with Crippen molar-refractivity contribution >= 4 is 29.6 Å². The smallest absolute Gasteiger partial charge is 0.325 e. The zero-order valence-corrected chi connectivity index (χ0v) is 26.3. The van der Waals surface area contributed by atoms with Crippen LogP contribution in [0.2, 0.25) is 0 Å². The molecule has 240 valence electrons. The molecule has 0 spiro atoms. The van der Waals surface area contributed by atoms with Crippen molar-refractivity contribution < 1.29 is 38.2 Å². The molecule has 4 amide bonds. The maximum absolute atomic E-state index is 13.7. The van der Waals surface area contributed by atoms with E-state index in [0.29, 0.717) is 13.0 Å². The van der Waals surface area contributed by atoms with Gasteiger partial charge in [0.2, 0.25) is 23.6 Å². The number of carbonyl (C=O) groups is 5. The number of methoxy groups -OCH3 is 3. The summed E-state index contributed by atoms with van der Waals surface area (Å²) in [4.78, 5) is 66.9. The molecule has 2 fully saturated rings. The van der Waals surface area contributed by atoms with Crippen LogP contribution in [0.1, 0.15) is 59.3 Å². The minimum Gasteiger partial charge on any atom is -0.468 e. The molecule has 7 atom stereocenters. The minimum absolute atomic E-state index is 0.0172. The molecule has 0 bridgehead atoms. The van der Waals surface area contributed by atoms with E-state index < -0.39 is 30.1 Å². The highest BCUT2D eigenvalue weighted by molar-refractivity contribution is 5.88. The standard InChI is InChI=1S/C29H51N5O8/c1-8-18(2)26(33(4)24(36)16-31-29(39)20-11-9-13-30-20)22(40-5)15-23(35)34-14-10-12-21(34)27(42-7)19(3)28(38)32-17-25(37)41-6/h18-22,26-27,30H,8-17H2,1-7H3,(H,31,39)(H,32,38)/t18?,19?,20?,21-,22+,26?,27?/m0/s1. The second-order valence-electron chi connectivity index (χ2n) is 11.3. The lowest BCUT2D eigenvalue weighted by molar-refractivity contribution is -0.146. The maximum atomic E-state index is 13.7. The van der Waals surface area contributed by atoms with Gasteiger partial charge in [-0.3, -0.25) is 24.0 Å². The first-order valence-corrected chi connectivity index (χ1v) is 15.0. The molecular weight excluding hydrogens is 546 g/mol. The predicted molar refractivity (Wildman–Crippen MR) is 155 cm³/mol. The number of hydrogen-bond acceptors (Lipinski definition) is 9. The molecule has 2 saturated heterocycles. The molecule has 5 unspecified atom stereocenters. The Labute approximate surface area is 249 Å². The molecule has 0 saturated carbocycles. The highest BCUT2D eigenvalue weighted by atomic mass is 16.5. The molecule has 0 aromatic heterocycles. The summed E-state index contributed by atoms with van der Waals surface area (Å²) in [5, 5.41) is 8.43. The van der Waals surface area contributed by atoms with Crippen LogP contribution in [0, 0.1) is 11.8 Å². The van der Waals surface area contributed by atoms with Gasteiger partial charge in [-0.25, -0.2) is 0 Å². The van der Waals surface area contributed by atoms with Crippen LogP contribution in [-0.2, 0) is 38.2 Å². The van der Waals surface area contributed by atoms with Gasteiger partial charge in [-0.1, -0.05) is 27.2 Å². The molecule has 42 heavy (non-hydrogen) atoms. The average molecular weight is 598 g/mol. The van der Waals surface area contributed by atoms with Gasteiger partial charge < -0.3 is 40.0 Å². The van der Waals surface area contributed by atoms with Gasteiger partial charge in [0.15, 0.2) is 0 Å². The highest BCUT2D eigenvalue weighted by Crippen LogP contribution is 2.29. The molecule has 0 aromatic rings. The zero-order valence-electron chi connectivity index (χ0n) is 26.3. The SMILES string of the molecule is CCC(C)C([C@@H](CC(=O)N1CCC[C@H]1C(OC)C(C)C(=O)NCC(=O)OC)OC)N(C)C(=O)CNC(=O)C1CCCN1. The second-order valence-corrected chi connectivity index (χ2v) is 11.3. The van der Waals surface area contributed by atoms with Crippen LogP contribution in [0.25, 0.3) is 0 Å². The summed E-state index contributed by atoms with van der Waals surface area (Å²) in [7, 11) is 5.97. The van der Waals surface area contributed by atoms with E-state index in [1.54, 1.807) is 23.8 Å². The number of rotatable bonds is 16. The molecule has 2 aliphatic rings. The molecule has 0 aromatic carbocycles. The van der Waals surface area contributed by atoms with Crippen LogP contribution >= 0.6 is 0 Å². The van der Waals surface area contributed by atoms with E-state index >= 15 is 0 Å². The normalized spacial score (nSPS) is 22.0. The van der Waals surface area contributed by atoms with Gasteiger partial charge in [-0.2, -0.15) is 0 Å². The summed E-state index contributed by atoms with van der Waals surface area (Å²) in [6.07, 6.45) is 2.72. The van der Waals surface area contributed by atoms with E-state index in [1.807, 2.05) is 13.8 Å². The van der Waals surface area contributed by atoms with Gasteiger partial charge >= 0.3 is 5.97 Å². The number of ether oxygens (including phenoxy) is 3. The largest absolute Gasteiger partial charge is 0.468 e. The van der Waals surface area contributed by atoms with Crippen molar-refractivity contribution in [3.05, 3.63) is 0 Å². The zero-order chi connectivity index (χ0) is 31.4. The Morgan fingerprint density at radius 3 is 2.29 bits per heavy atom. The summed E-state index contributed by atoms with van der Waals surface area (Å²) in [5.41, 5.74) is 0. The molecule has 13 nitrogen and oxygen atoms in total. The molecule has 3 N–H and O–H groups in total. The third-order valence-electron chi connectivity index (χ3n) is 8.73. The molecular formula is C29H51N5O8. The quantitative estimate of drug-likeness (QED) is 0.210. The lowest BCUT2D eigenvalue weighted by Gasteiger charge is -2.39. The van der Waals surface area contributed by atoms with Crippen LogP contribution in [0.4, 0.5) is 0 Å². The van der Waals surface area contributed by atoms with E-state index in [-0.39, 0.29) is 61.1 Å². The third-order valence-corrected chi connectivity index (χ3v) is 8.73. The van der Waals surface area contributed by atoms with E-state index in [4.69, 9.17) is 9.47 Å². The first kappa shape index (κ1) is 35.4. The van der Waals surface area contributed by atoms with Gasteiger partial charge in [0.25, 0.3) is 0 Å². The maximum Gasteiger partial charge on any atom is 0.325 e. The summed E-state index contributed by atoms with van der Waals surface area (Å²) < 4.78 is 16.2. The molecule has 2 rings (SSSR count). The molecule has 0 aliphatic carbocycles. The van der Waals surface area contributed by atoms with Crippen LogP contribution in [-0.4, -0.2) is 124 Å². The lowest BCUT2D eigenvalue weighted by atomic mass is 9.90. The van der Waals surface area contributed by atoms with Crippen molar-refractivity contribution in [2.45, 2.75) is 89.6 Å². The Kier molecular flexibility index (Phi) is 14.7. The van der Waals surface area contributed by atoms with Crippen LogP contribution in [0.3, 0.4) is 0 Å². The fourth-order valence-corrected chi connectivity index (χ4v) is 6.04. The van der Waals surface area contributed by atoms with Gasteiger partial charge in [0.05, 0.1) is 56.3 Å². The van der Waals surface area contributed by atoms with E-state index in [1.165, 1.54) is 21.3 Å². The number of hydrogen-bond donors (Lipinski definition) is 3. The topological polar surface area (TPSA) is 156 Å². The van der Waals surface area contributed by atoms with Crippen molar-refractivity contribution in [3.8, 4) is 0 Å². The average Bonchev–Trinajstić information content (AvgIpc) is 3.71. The fraction of sp³-hybridized carbons (Fsp3) is 0.828. The van der Waals surface area contributed by atoms with Crippen LogP contribution < -0.4 is 16.0 Å². The van der Waals surface area contributed by atoms with Gasteiger partial charge in [0, 0.05) is 27.8 Å². The minimum atomic E-state index is -0.623. The molecule has 0 radical (unpaired) electrons. The molecule has 2 heterocycles. The van der Waals surface area contributed by atoms with Gasteiger partial charge in [-0.15, -0.1) is 0 Å². The summed E-state index contributed by atoms with van der Waals surface area (Å²) in [5.74, 6) is -2.12. The summed E-state index contributed by atoms with van der Waals surface area (Å²) in [6.45, 7) is 6.66. The Hall–Kier alpha value is -2.77. The predicted octanol–water partition coefficient (Wildman–Crippen LogP) is 0.0641.